The fraction of sp³-hybridized carbons (Fsp3) is 0.312. The van der Waals surface area contributed by atoms with E-state index in [1.54, 1.807) is 56.5 Å². The number of allylic oxidation sites excluding steroid dienone is 8. The summed E-state index contributed by atoms with van der Waals surface area (Å²) in [5.74, 6) is -3.36. The summed E-state index contributed by atoms with van der Waals surface area (Å²) in [6.45, 7) is 14.2. The van der Waals surface area contributed by atoms with Crippen LogP contribution < -0.4 is 0 Å². The van der Waals surface area contributed by atoms with Crippen LogP contribution in [-0.4, -0.2) is 16.9 Å². The molecule has 1 aliphatic carbocycles. The van der Waals surface area contributed by atoms with Gasteiger partial charge in [-0.15, -0.1) is 0 Å². The van der Waals surface area contributed by atoms with Crippen molar-refractivity contribution in [2.45, 2.75) is 67.7 Å². The molecule has 2 aromatic rings. The lowest BCUT2D eigenvalue weighted by atomic mass is 9.87. The van der Waals surface area contributed by atoms with Crippen molar-refractivity contribution in [3.63, 3.8) is 0 Å². The van der Waals surface area contributed by atoms with E-state index in [-0.39, 0.29) is 23.5 Å². The monoisotopic (exact) mass is 536 g/mol. The number of nitro groups is 1. The van der Waals surface area contributed by atoms with Gasteiger partial charge in [0, 0.05) is 48.4 Å². The SMILES string of the molecule is CC.CC.CC=Nc1cc(/C(=C/C=C\C)C2=CC=C(C(=O)c3ccc([N+](=O)[O-])cc3)C2)c(C(C)(F)F)cc1C. The zero-order valence-corrected chi connectivity index (χ0v) is 24.0. The number of aliphatic imine (C=N–C) groups is 1. The molecule has 2 aromatic carbocycles. The molecule has 5 nitrogen and oxygen atoms in total. The molecule has 0 spiro atoms. The molecule has 39 heavy (non-hydrogen) atoms. The second kappa shape index (κ2) is 15.4. The standard InChI is InChI=1S/C28H26F2N2O3.2C2H6/c1-5-7-8-23(24-17-26(31-6-2)18(3)15-25(24)28(4,29)30)20-9-10-21(16-20)27(33)19-11-13-22(14-12-19)32(34)35;2*1-2/h5-15,17H,16H2,1-4H3;2*1-2H3/b7-5-,23-8+,31-6?;;. The van der Waals surface area contributed by atoms with Crippen LogP contribution in [0.1, 0.15) is 81.9 Å². The predicted octanol–water partition coefficient (Wildman–Crippen LogP) is 9.89. The van der Waals surface area contributed by atoms with Gasteiger partial charge >= 0.3 is 0 Å². The molecule has 0 N–H and O–H groups in total. The molecule has 0 unspecified atom stereocenters. The number of hydrogen-bond acceptors (Lipinski definition) is 4. The molecule has 7 heteroatoms. The summed E-state index contributed by atoms with van der Waals surface area (Å²) in [5.41, 5.74) is 3.47. The Bertz CT molecular complexity index is 1310. The maximum atomic E-state index is 14.7. The third-order valence-corrected chi connectivity index (χ3v) is 5.67. The highest BCUT2D eigenvalue weighted by atomic mass is 19.3. The second-order valence-corrected chi connectivity index (χ2v) is 8.26. The van der Waals surface area contributed by atoms with E-state index in [1.807, 2.05) is 34.6 Å². The molecule has 0 heterocycles. The number of carbonyl (C=O) groups is 1. The van der Waals surface area contributed by atoms with Crippen molar-refractivity contribution in [1.29, 1.82) is 0 Å². The smallest absolute Gasteiger partial charge is 0.271 e. The fourth-order valence-corrected chi connectivity index (χ4v) is 3.91. The first kappa shape index (κ1) is 33.0. The number of carbonyl (C=O) groups excluding carboxylic acids is 1. The Kier molecular flexibility index (Phi) is 13.1. The molecular formula is C32H38F2N2O3. The zero-order chi connectivity index (χ0) is 29.8. The van der Waals surface area contributed by atoms with Gasteiger partial charge < -0.3 is 0 Å². The molecule has 0 fully saturated rings. The van der Waals surface area contributed by atoms with E-state index in [4.69, 9.17) is 0 Å². The number of nitrogens with zero attached hydrogens (tertiary/aromatic N) is 2. The molecule has 0 aromatic heterocycles. The Hall–Kier alpha value is -4.00. The van der Waals surface area contributed by atoms with Gasteiger partial charge in [-0.3, -0.25) is 19.9 Å². The number of nitro benzene ring substituents is 1. The number of hydrogen-bond donors (Lipinski definition) is 0. The molecule has 1 aliphatic rings. The van der Waals surface area contributed by atoms with E-state index >= 15 is 0 Å². The Labute approximate surface area is 230 Å². The topological polar surface area (TPSA) is 72.6 Å². The van der Waals surface area contributed by atoms with E-state index < -0.39 is 10.8 Å². The number of alkyl halides is 2. The minimum atomic E-state index is -3.09. The van der Waals surface area contributed by atoms with Crippen LogP contribution in [0.5, 0.6) is 0 Å². The van der Waals surface area contributed by atoms with Crippen LogP contribution in [0.3, 0.4) is 0 Å². The first-order valence-electron chi connectivity index (χ1n) is 13.1. The first-order chi connectivity index (χ1) is 18.6. The lowest BCUT2D eigenvalue weighted by Crippen LogP contribution is -2.12. The molecule has 208 valence electrons. The Morgan fingerprint density at radius 1 is 1.03 bits per heavy atom. The van der Waals surface area contributed by atoms with Gasteiger partial charge in [0.15, 0.2) is 5.78 Å². The number of non-ortho nitro benzene ring substituents is 1. The summed E-state index contributed by atoms with van der Waals surface area (Å²) in [6, 6.07) is 8.53. The normalized spacial score (nSPS) is 13.3. The van der Waals surface area contributed by atoms with Gasteiger partial charge in [-0.1, -0.05) is 58.1 Å². The van der Waals surface area contributed by atoms with Crippen LogP contribution in [-0.2, 0) is 5.92 Å². The Balaban J connectivity index is 0.00000181. The molecular weight excluding hydrogens is 498 g/mol. The molecule has 0 amide bonds. The number of aryl methyl sites for hydroxylation is 1. The molecule has 0 atom stereocenters. The van der Waals surface area contributed by atoms with E-state index in [0.717, 1.165) is 6.92 Å². The van der Waals surface area contributed by atoms with E-state index in [1.165, 1.54) is 30.3 Å². The average Bonchev–Trinajstić information content (AvgIpc) is 3.42. The molecule has 3 rings (SSSR count). The third-order valence-electron chi connectivity index (χ3n) is 5.67. The molecule has 0 aliphatic heterocycles. The van der Waals surface area contributed by atoms with Crippen LogP contribution in [0.15, 0.2) is 82.9 Å². The van der Waals surface area contributed by atoms with Gasteiger partial charge in [0.25, 0.3) is 11.6 Å². The van der Waals surface area contributed by atoms with Gasteiger partial charge in [-0.25, -0.2) is 8.78 Å². The molecule has 0 saturated heterocycles. The maximum absolute atomic E-state index is 14.7. The van der Waals surface area contributed by atoms with Gasteiger partial charge in [0.1, 0.15) is 0 Å². The van der Waals surface area contributed by atoms with Crippen molar-refractivity contribution in [3.8, 4) is 0 Å². The van der Waals surface area contributed by atoms with E-state index in [2.05, 4.69) is 4.99 Å². The number of rotatable bonds is 8. The quantitative estimate of drug-likeness (QED) is 0.111. The number of Topliss-reactive ketones (excluding diaryl/α,β-unsaturated/α-hetero) is 1. The van der Waals surface area contributed by atoms with Crippen LogP contribution in [0.25, 0.3) is 5.57 Å². The van der Waals surface area contributed by atoms with Crippen LogP contribution in [0.2, 0.25) is 0 Å². The fourth-order valence-electron chi connectivity index (χ4n) is 3.91. The number of halogens is 2. The summed E-state index contributed by atoms with van der Waals surface area (Å²) >= 11 is 0. The Morgan fingerprint density at radius 2 is 1.62 bits per heavy atom. The summed E-state index contributed by atoms with van der Waals surface area (Å²) < 4.78 is 29.4. The second-order valence-electron chi connectivity index (χ2n) is 8.26. The van der Waals surface area contributed by atoms with Gasteiger partial charge in [0.05, 0.1) is 10.6 Å². The molecule has 0 saturated carbocycles. The predicted molar refractivity (Wildman–Crippen MR) is 158 cm³/mol. The van der Waals surface area contributed by atoms with Gasteiger partial charge in [0.2, 0.25) is 0 Å². The lowest BCUT2D eigenvalue weighted by Gasteiger charge is -2.21. The Morgan fingerprint density at radius 3 is 2.13 bits per heavy atom. The third kappa shape index (κ3) is 8.50. The highest BCUT2D eigenvalue weighted by molar-refractivity contribution is 6.10. The number of ketones is 1. The van der Waals surface area contributed by atoms with E-state index in [0.29, 0.717) is 39.1 Å². The molecule has 0 radical (unpaired) electrons. The lowest BCUT2D eigenvalue weighted by molar-refractivity contribution is -0.384. The van der Waals surface area contributed by atoms with Crippen molar-refractivity contribution >= 4 is 28.9 Å². The van der Waals surface area contributed by atoms with Gasteiger partial charge in [-0.05, 0) is 67.3 Å². The minimum absolute atomic E-state index is 0.102. The average molecular weight is 537 g/mol. The maximum Gasteiger partial charge on any atom is 0.271 e. The summed E-state index contributed by atoms with van der Waals surface area (Å²) in [5, 5.41) is 10.9. The van der Waals surface area contributed by atoms with Crippen molar-refractivity contribution in [2.75, 3.05) is 0 Å². The largest absolute Gasteiger partial charge is 0.289 e. The summed E-state index contributed by atoms with van der Waals surface area (Å²) in [4.78, 5) is 27.7. The van der Waals surface area contributed by atoms with E-state index in [9.17, 15) is 23.7 Å². The summed E-state index contributed by atoms with van der Waals surface area (Å²) in [6.07, 6.45) is 10.6. The van der Waals surface area contributed by atoms with Crippen LogP contribution >= 0.6 is 0 Å². The van der Waals surface area contributed by atoms with Crippen molar-refractivity contribution in [1.82, 2.24) is 0 Å². The zero-order valence-electron chi connectivity index (χ0n) is 24.0. The van der Waals surface area contributed by atoms with Crippen molar-refractivity contribution in [2.24, 2.45) is 4.99 Å². The van der Waals surface area contributed by atoms with Gasteiger partial charge in [-0.2, -0.15) is 0 Å². The van der Waals surface area contributed by atoms with Crippen molar-refractivity contribution < 1.29 is 18.5 Å². The summed E-state index contributed by atoms with van der Waals surface area (Å²) in [7, 11) is 0. The highest BCUT2D eigenvalue weighted by Gasteiger charge is 2.31. The van der Waals surface area contributed by atoms with Crippen LogP contribution in [0.4, 0.5) is 20.2 Å². The highest BCUT2D eigenvalue weighted by Crippen LogP contribution is 2.42. The molecule has 0 bridgehead atoms. The minimum Gasteiger partial charge on any atom is -0.289 e. The number of benzene rings is 2. The van der Waals surface area contributed by atoms with Crippen LogP contribution in [0, 0.1) is 17.0 Å². The first-order valence-corrected chi connectivity index (χ1v) is 13.1. The van der Waals surface area contributed by atoms with Crippen molar-refractivity contribution in [3.05, 3.63) is 110 Å².